The van der Waals surface area contributed by atoms with Crippen LogP contribution in [0.15, 0.2) is 29.8 Å². The Bertz CT molecular complexity index is 526. The molecule has 0 spiro atoms. The summed E-state index contributed by atoms with van der Waals surface area (Å²) in [7, 11) is 0. The number of allylic oxidation sites excluding steroid dienone is 1. The number of nitro benzene ring substituents is 1. The van der Waals surface area contributed by atoms with Gasteiger partial charge in [-0.05, 0) is 26.0 Å². The molecule has 1 N–H and O–H groups in total. The molecule has 18 heavy (non-hydrogen) atoms. The van der Waals surface area contributed by atoms with E-state index in [1.807, 2.05) is 0 Å². The number of benzene rings is 1. The molecule has 0 saturated heterocycles. The summed E-state index contributed by atoms with van der Waals surface area (Å²) >= 11 is 0. The number of aliphatic hydroxyl groups excluding tert-OH is 1. The molecule has 0 aliphatic carbocycles. The predicted molar refractivity (Wildman–Crippen MR) is 64.0 cm³/mol. The molecule has 0 atom stereocenters. The highest BCUT2D eigenvalue weighted by Crippen LogP contribution is 2.20. The van der Waals surface area contributed by atoms with E-state index in [1.54, 1.807) is 0 Å². The smallest absolute Gasteiger partial charge is 0.269 e. The maximum atomic E-state index is 11.2. The lowest BCUT2D eigenvalue weighted by atomic mass is 10.0. The lowest BCUT2D eigenvalue weighted by Gasteiger charge is -2.05. The van der Waals surface area contributed by atoms with Crippen LogP contribution in [0.1, 0.15) is 19.4 Å². The number of hydrogen-bond donors (Lipinski definition) is 1. The van der Waals surface area contributed by atoms with Crippen LogP contribution in [0, 0.1) is 10.1 Å². The summed E-state index contributed by atoms with van der Waals surface area (Å²) in [5.41, 5.74) is -0.274. The van der Waals surface area contributed by atoms with Crippen LogP contribution in [0.4, 0.5) is 5.69 Å². The molecular formula is C12H11NO5. The molecule has 1 aromatic carbocycles. The molecule has 0 bridgehead atoms. The van der Waals surface area contributed by atoms with E-state index in [2.05, 4.69) is 0 Å². The van der Waals surface area contributed by atoms with Crippen molar-refractivity contribution in [3.05, 3.63) is 45.5 Å². The van der Waals surface area contributed by atoms with Crippen LogP contribution in [0.2, 0.25) is 0 Å². The Balaban J connectivity index is 3.28. The number of nitro groups is 1. The lowest BCUT2D eigenvalue weighted by molar-refractivity contribution is -0.384. The highest BCUT2D eigenvalue weighted by Gasteiger charge is 2.17. The molecule has 1 aromatic rings. The van der Waals surface area contributed by atoms with E-state index in [0.717, 1.165) is 0 Å². The van der Waals surface area contributed by atoms with Crippen molar-refractivity contribution >= 4 is 23.0 Å². The normalized spacial score (nSPS) is 9.67. The highest BCUT2D eigenvalue weighted by molar-refractivity contribution is 6.22. The van der Waals surface area contributed by atoms with Gasteiger partial charge in [0.15, 0.2) is 11.6 Å². The van der Waals surface area contributed by atoms with Crippen LogP contribution in [-0.2, 0) is 9.59 Å². The third kappa shape index (κ3) is 2.79. The van der Waals surface area contributed by atoms with E-state index in [9.17, 15) is 24.8 Å². The van der Waals surface area contributed by atoms with Crippen molar-refractivity contribution in [3.8, 4) is 0 Å². The van der Waals surface area contributed by atoms with Gasteiger partial charge in [-0.2, -0.15) is 0 Å². The van der Waals surface area contributed by atoms with Gasteiger partial charge < -0.3 is 5.11 Å². The minimum absolute atomic E-state index is 0.140. The number of nitrogens with zero attached hydrogens (tertiary/aromatic N) is 1. The van der Waals surface area contributed by atoms with Gasteiger partial charge in [-0.3, -0.25) is 19.7 Å². The fraction of sp³-hybridized carbons (Fsp3) is 0.167. The van der Waals surface area contributed by atoms with E-state index in [1.165, 1.54) is 38.1 Å². The van der Waals surface area contributed by atoms with Crippen molar-refractivity contribution < 1.29 is 19.6 Å². The summed E-state index contributed by atoms with van der Waals surface area (Å²) in [6.07, 6.45) is 0. The van der Waals surface area contributed by atoms with Gasteiger partial charge in [0.25, 0.3) is 5.69 Å². The van der Waals surface area contributed by atoms with Crippen molar-refractivity contribution in [1.29, 1.82) is 0 Å². The van der Waals surface area contributed by atoms with E-state index in [4.69, 9.17) is 0 Å². The average Bonchev–Trinajstić information content (AvgIpc) is 2.28. The SMILES string of the molecule is CC(=O)C(C(C)=O)=C(O)c1ccc([N+](=O)[O-])cc1. The molecule has 0 heterocycles. The van der Waals surface area contributed by atoms with Gasteiger partial charge in [0.1, 0.15) is 11.3 Å². The quantitative estimate of drug-likeness (QED) is 0.220. The van der Waals surface area contributed by atoms with Crippen molar-refractivity contribution in [2.45, 2.75) is 13.8 Å². The van der Waals surface area contributed by atoms with E-state index in [0.29, 0.717) is 0 Å². The number of hydrogen-bond acceptors (Lipinski definition) is 5. The van der Waals surface area contributed by atoms with Gasteiger partial charge in [0, 0.05) is 17.7 Å². The molecule has 0 amide bonds. The van der Waals surface area contributed by atoms with Gasteiger partial charge >= 0.3 is 0 Å². The topological polar surface area (TPSA) is 97.5 Å². The van der Waals surface area contributed by atoms with Gasteiger partial charge in [0.2, 0.25) is 0 Å². The van der Waals surface area contributed by atoms with Gasteiger partial charge in [-0.25, -0.2) is 0 Å². The number of aliphatic hydroxyl groups is 1. The first kappa shape index (κ1) is 13.6. The molecule has 0 aliphatic rings. The molecule has 0 unspecified atom stereocenters. The highest BCUT2D eigenvalue weighted by atomic mass is 16.6. The van der Waals surface area contributed by atoms with Crippen LogP contribution < -0.4 is 0 Å². The second-order valence-corrected chi connectivity index (χ2v) is 3.64. The minimum Gasteiger partial charge on any atom is -0.506 e. The summed E-state index contributed by atoms with van der Waals surface area (Å²) in [6.45, 7) is 2.33. The molecule has 0 aliphatic heterocycles. The van der Waals surface area contributed by atoms with E-state index >= 15 is 0 Å². The van der Waals surface area contributed by atoms with Crippen molar-refractivity contribution in [2.75, 3.05) is 0 Å². The maximum absolute atomic E-state index is 11.2. The number of non-ortho nitro benzene ring substituents is 1. The molecule has 0 fully saturated rings. The first-order valence-electron chi connectivity index (χ1n) is 5.04. The molecule has 0 radical (unpaired) electrons. The van der Waals surface area contributed by atoms with Crippen LogP contribution in [0.5, 0.6) is 0 Å². The fourth-order valence-corrected chi connectivity index (χ4v) is 1.47. The standard InChI is InChI=1S/C12H11NO5/c1-7(14)11(8(2)15)12(16)9-3-5-10(6-4-9)13(17)18/h3-6,16H,1-2H3. The lowest BCUT2D eigenvalue weighted by Crippen LogP contribution is -2.09. The second-order valence-electron chi connectivity index (χ2n) is 3.64. The average molecular weight is 249 g/mol. The Morgan fingerprint density at radius 1 is 1.11 bits per heavy atom. The van der Waals surface area contributed by atoms with Gasteiger partial charge in [-0.1, -0.05) is 0 Å². The zero-order valence-electron chi connectivity index (χ0n) is 9.84. The maximum Gasteiger partial charge on any atom is 0.269 e. The predicted octanol–water partition coefficient (Wildman–Crippen LogP) is 2.04. The number of carbonyl (C=O) groups excluding carboxylic acids is 2. The molecule has 6 nitrogen and oxygen atoms in total. The first-order chi connectivity index (χ1) is 8.34. The number of ketones is 2. The van der Waals surface area contributed by atoms with Crippen molar-refractivity contribution in [3.63, 3.8) is 0 Å². The van der Waals surface area contributed by atoms with Crippen molar-refractivity contribution in [1.82, 2.24) is 0 Å². The largest absolute Gasteiger partial charge is 0.506 e. The van der Waals surface area contributed by atoms with E-state index < -0.39 is 22.2 Å². The summed E-state index contributed by atoms with van der Waals surface area (Å²) < 4.78 is 0. The molecule has 0 aromatic heterocycles. The Labute approximate surface area is 103 Å². The number of rotatable bonds is 4. The Morgan fingerprint density at radius 2 is 1.56 bits per heavy atom. The summed E-state index contributed by atoms with van der Waals surface area (Å²) in [5.74, 6) is -1.58. The molecule has 0 saturated carbocycles. The van der Waals surface area contributed by atoms with Crippen LogP contribution in [0.3, 0.4) is 0 Å². The van der Waals surface area contributed by atoms with E-state index in [-0.39, 0.29) is 16.8 Å². The zero-order chi connectivity index (χ0) is 13.9. The van der Waals surface area contributed by atoms with Crippen molar-refractivity contribution in [2.24, 2.45) is 0 Å². The summed E-state index contributed by atoms with van der Waals surface area (Å²) in [6, 6.07) is 4.92. The number of carbonyl (C=O) groups is 2. The third-order valence-electron chi connectivity index (χ3n) is 2.29. The van der Waals surface area contributed by atoms with Crippen LogP contribution >= 0.6 is 0 Å². The molecular weight excluding hydrogens is 238 g/mol. The summed E-state index contributed by atoms with van der Waals surface area (Å²) in [5, 5.41) is 20.3. The minimum atomic E-state index is -0.582. The molecule has 6 heteroatoms. The Morgan fingerprint density at radius 3 is 1.89 bits per heavy atom. The summed E-state index contributed by atoms with van der Waals surface area (Å²) in [4.78, 5) is 32.3. The Kier molecular flexibility index (Phi) is 3.93. The van der Waals surface area contributed by atoms with Crippen LogP contribution in [0.25, 0.3) is 5.76 Å². The Hall–Kier alpha value is -2.50. The third-order valence-corrected chi connectivity index (χ3v) is 2.29. The molecule has 1 rings (SSSR count). The monoisotopic (exact) mass is 249 g/mol. The van der Waals surface area contributed by atoms with Gasteiger partial charge in [0.05, 0.1) is 4.92 Å². The zero-order valence-corrected chi connectivity index (χ0v) is 9.84. The first-order valence-corrected chi connectivity index (χ1v) is 5.04. The fourth-order valence-electron chi connectivity index (χ4n) is 1.47. The number of Topliss-reactive ketones (excluding diaryl/α,β-unsaturated/α-hetero) is 2. The second kappa shape index (κ2) is 5.22. The van der Waals surface area contributed by atoms with Gasteiger partial charge in [-0.15, -0.1) is 0 Å². The molecule has 94 valence electrons. The van der Waals surface area contributed by atoms with Crippen LogP contribution in [-0.4, -0.2) is 21.6 Å².